The highest BCUT2D eigenvalue weighted by molar-refractivity contribution is 5.84. The Balaban J connectivity index is 2.26. The molecule has 0 aromatic heterocycles. The fourth-order valence-electron chi connectivity index (χ4n) is 1.16. The van der Waals surface area contributed by atoms with Crippen molar-refractivity contribution in [1.82, 2.24) is 0 Å². The molecule has 0 radical (unpaired) electrons. The van der Waals surface area contributed by atoms with Gasteiger partial charge in [0.15, 0.2) is 0 Å². The second kappa shape index (κ2) is 6.85. The van der Waals surface area contributed by atoms with Crippen molar-refractivity contribution in [3.05, 3.63) is 29.8 Å². The fraction of sp³-hybridized carbons (Fsp3) is 0.417. The molecule has 0 heterocycles. The van der Waals surface area contributed by atoms with Crippen LogP contribution in [0, 0.1) is 6.92 Å². The Bertz CT molecular complexity index is 322. The molecule has 0 atom stereocenters. The summed E-state index contributed by atoms with van der Waals surface area (Å²) in [5.41, 5.74) is 1.89. The van der Waals surface area contributed by atoms with E-state index in [1.807, 2.05) is 31.2 Å². The van der Waals surface area contributed by atoms with Crippen LogP contribution in [0.2, 0.25) is 0 Å². The lowest BCUT2D eigenvalue weighted by Crippen LogP contribution is -2.15. The van der Waals surface area contributed by atoms with Crippen LogP contribution in [0.25, 0.3) is 0 Å². The summed E-state index contributed by atoms with van der Waals surface area (Å²) in [5, 5.41) is 2.64. The monoisotopic (exact) mass is 223 g/mol. The number of anilines is 1. The Hall–Kier alpha value is -1.55. The average Bonchev–Trinajstić information content (AvgIpc) is 2.28. The summed E-state index contributed by atoms with van der Waals surface area (Å²) in [6, 6.07) is 7.54. The molecule has 4 nitrogen and oxygen atoms in total. The van der Waals surface area contributed by atoms with Crippen LogP contribution in [0.15, 0.2) is 24.3 Å². The van der Waals surface area contributed by atoms with Crippen molar-refractivity contribution in [1.29, 1.82) is 0 Å². The van der Waals surface area contributed by atoms with Gasteiger partial charge in [-0.15, -0.1) is 0 Å². The van der Waals surface area contributed by atoms with Gasteiger partial charge in [-0.2, -0.15) is 0 Å². The standard InChI is InChI=1S/C12H17NO3/c1-10-4-6-11(7-5-10)13-12(14)16-9-3-8-15-2/h4-7H,3,8-9H2,1-2H3,(H,13,14). The highest BCUT2D eigenvalue weighted by Gasteiger charge is 2.01. The van der Waals surface area contributed by atoms with Gasteiger partial charge in [0.1, 0.15) is 0 Å². The number of ether oxygens (including phenoxy) is 2. The van der Waals surface area contributed by atoms with E-state index in [4.69, 9.17) is 9.47 Å². The third kappa shape index (κ3) is 4.79. The molecule has 0 saturated heterocycles. The second-order valence-corrected chi connectivity index (χ2v) is 3.47. The highest BCUT2D eigenvalue weighted by Crippen LogP contribution is 2.08. The average molecular weight is 223 g/mol. The van der Waals surface area contributed by atoms with E-state index in [0.29, 0.717) is 19.6 Å². The van der Waals surface area contributed by atoms with Crippen LogP contribution < -0.4 is 5.32 Å². The molecule has 0 bridgehead atoms. The Morgan fingerprint density at radius 2 is 1.94 bits per heavy atom. The summed E-state index contributed by atoms with van der Waals surface area (Å²) in [7, 11) is 1.62. The van der Waals surface area contributed by atoms with Crippen LogP contribution in [0.1, 0.15) is 12.0 Å². The molecule has 0 aliphatic rings. The van der Waals surface area contributed by atoms with Crippen LogP contribution in [0.3, 0.4) is 0 Å². The molecule has 0 spiro atoms. The van der Waals surface area contributed by atoms with Gasteiger partial charge in [0.2, 0.25) is 0 Å². The van der Waals surface area contributed by atoms with Gasteiger partial charge in [0.25, 0.3) is 0 Å². The summed E-state index contributed by atoms with van der Waals surface area (Å²) < 4.78 is 9.79. The molecule has 0 aliphatic heterocycles. The molecule has 1 N–H and O–H groups in total. The number of rotatable bonds is 5. The topological polar surface area (TPSA) is 47.6 Å². The number of amides is 1. The maximum Gasteiger partial charge on any atom is 0.411 e. The number of aryl methyl sites for hydroxylation is 1. The number of carbonyl (C=O) groups excluding carboxylic acids is 1. The lowest BCUT2D eigenvalue weighted by Gasteiger charge is -2.06. The van der Waals surface area contributed by atoms with Crippen LogP contribution in [-0.4, -0.2) is 26.4 Å². The van der Waals surface area contributed by atoms with Crippen molar-refractivity contribution in [2.45, 2.75) is 13.3 Å². The zero-order valence-electron chi connectivity index (χ0n) is 9.66. The van der Waals surface area contributed by atoms with Crippen molar-refractivity contribution < 1.29 is 14.3 Å². The largest absolute Gasteiger partial charge is 0.449 e. The van der Waals surface area contributed by atoms with Gasteiger partial charge in [0, 0.05) is 25.8 Å². The summed E-state index contributed by atoms with van der Waals surface area (Å²) in [4.78, 5) is 11.3. The van der Waals surface area contributed by atoms with E-state index in [1.165, 1.54) is 0 Å². The molecule has 16 heavy (non-hydrogen) atoms. The zero-order chi connectivity index (χ0) is 11.8. The maximum absolute atomic E-state index is 11.3. The van der Waals surface area contributed by atoms with E-state index in [9.17, 15) is 4.79 Å². The van der Waals surface area contributed by atoms with Gasteiger partial charge in [-0.25, -0.2) is 4.79 Å². The predicted octanol–water partition coefficient (Wildman–Crippen LogP) is 2.58. The molecular formula is C12H17NO3. The molecule has 0 saturated carbocycles. The van der Waals surface area contributed by atoms with E-state index in [0.717, 1.165) is 11.3 Å². The lowest BCUT2D eigenvalue weighted by atomic mass is 10.2. The molecular weight excluding hydrogens is 206 g/mol. The Labute approximate surface area is 95.6 Å². The van der Waals surface area contributed by atoms with E-state index in [2.05, 4.69) is 5.32 Å². The van der Waals surface area contributed by atoms with Gasteiger partial charge in [0.05, 0.1) is 6.61 Å². The van der Waals surface area contributed by atoms with Crippen LogP contribution in [0.4, 0.5) is 10.5 Å². The first kappa shape index (κ1) is 12.5. The SMILES string of the molecule is COCCCOC(=O)Nc1ccc(C)cc1. The minimum Gasteiger partial charge on any atom is -0.449 e. The first-order chi connectivity index (χ1) is 7.72. The quantitative estimate of drug-likeness (QED) is 0.780. The van der Waals surface area contributed by atoms with Gasteiger partial charge < -0.3 is 9.47 Å². The van der Waals surface area contributed by atoms with Crippen molar-refractivity contribution in [3.63, 3.8) is 0 Å². The van der Waals surface area contributed by atoms with Gasteiger partial charge in [-0.1, -0.05) is 17.7 Å². The number of benzene rings is 1. The number of carbonyl (C=O) groups is 1. The molecule has 0 aliphatic carbocycles. The highest BCUT2D eigenvalue weighted by atomic mass is 16.5. The zero-order valence-corrected chi connectivity index (χ0v) is 9.66. The minimum absolute atomic E-state index is 0.367. The Morgan fingerprint density at radius 1 is 1.25 bits per heavy atom. The normalized spacial score (nSPS) is 9.88. The Morgan fingerprint density at radius 3 is 2.56 bits per heavy atom. The first-order valence-electron chi connectivity index (χ1n) is 5.22. The molecule has 1 amide bonds. The number of nitrogens with one attached hydrogen (secondary N) is 1. The van der Waals surface area contributed by atoms with Gasteiger partial charge >= 0.3 is 6.09 Å². The van der Waals surface area contributed by atoms with Crippen LogP contribution >= 0.6 is 0 Å². The molecule has 88 valence electrons. The van der Waals surface area contributed by atoms with Crippen LogP contribution in [0.5, 0.6) is 0 Å². The summed E-state index contributed by atoms with van der Waals surface area (Å²) >= 11 is 0. The molecule has 0 unspecified atom stereocenters. The smallest absolute Gasteiger partial charge is 0.411 e. The van der Waals surface area contributed by atoms with Crippen molar-refractivity contribution in [2.75, 3.05) is 25.6 Å². The maximum atomic E-state index is 11.3. The molecule has 4 heteroatoms. The molecule has 0 fully saturated rings. The summed E-state index contributed by atoms with van der Waals surface area (Å²) in [5.74, 6) is 0. The number of hydrogen-bond donors (Lipinski definition) is 1. The number of methoxy groups -OCH3 is 1. The minimum atomic E-state index is -0.431. The van der Waals surface area contributed by atoms with Gasteiger partial charge in [-0.05, 0) is 19.1 Å². The fourth-order valence-corrected chi connectivity index (χ4v) is 1.16. The lowest BCUT2D eigenvalue weighted by molar-refractivity contribution is 0.134. The number of hydrogen-bond acceptors (Lipinski definition) is 3. The summed E-state index contributed by atoms with van der Waals surface area (Å²) in [6.07, 6.45) is 0.276. The summed E-state index contributed by atoms with van der Waals surface area (Å²) in [6.45, 7) is 2.95. The van der Waals surface area contributed by atoms with Crippen LogP contribution in [-0.2, 0) is 9.47 Å². The predicted molar refractivity (Wildman–Crippen MR) is 62.6 cm³/mol. The van der Waals surface area contributed by atoms with Gasteiger partial charge in [-0.3, -0.25) is 5.32 Å². The van der Waals surface area contributed by atoms with E-state index >= 15 is 0 Å². The molecule has 1 rings (SSSR count). The second-order valence-electron chi connectivity index (χ2n) is 3.47. The van der Waals surface area contributed by atoms with Crippen molar-refractivity contribution in [2.24, 2.45) is 0 Å². The molecule has 1 aromatic carbocycles. The first-order valence-corrected chi connectivity index (χ1v) is 5.22. The molecule has 1 aromatic rings. The van der Waals surface area contributed by atoms with Crippen molar-refractivity contribution >= 4 is 11.8 Å². The van der Waals surface area contributed by atoms with Crippen molar-refractivity contribution in [3.8, 4) is 0 Å². The Kier molecular flexibility index (Phi) is 5.36. The third-order valence-corrected chi connectivity index (χ3v) is 2.02. The third-order valence-electron chi connectivity index (χ3n) is 2.02. The van der Waals surface area contributed by atoms with E-state index < -0.39 is 6.09 Å². The van der Waals surface area contributed by atoms with E-state index in [1.54, 1.807) is 7.11 Å². The van der Waals surface area contributed by atoms with E-state index in [-0.39, 0.29) is 0 Å².